The summed E-state index contributed by atoms with van der Waals surface area (Å²) in [6.07, 6.45) is 5.70. The predicted octanol–water partition coefficient (Wildman–Crippen LogP) is 4.49. The zero-order valence-electron chi connectivity index (χ0n) is 19.6. The van der Waals surface area contributed by atoms with Gasteiger partial charge in [0, 0.05) is 48.7 Å². The summed E-state index contributed by atoms with van der Waals surface area (Å²) in [5, 5.41) is 1.16. The first-order valence-corrected chi connectivity index (χ1v) is 11.8. The Morgan fingerprint density at radius 1 is 1.00 bits per heavy atom. The lowest BCUT2D eigenvalue weighted by Crippen LogP contribution is -2.38. The Kier molecular flexibility index (Phi) is 5.81. The van der Waals surface area contributed by atoms with Crippen LogP contribution in [-0.4, -0.2) is 71.4 Å². The van der Waals surface area contributed by atoms with Crippen LogP contribution in [0.4, 0.5) is 0 Å². The van der Waals surface area contributed by atoms with E-state index < -0.39 is 0 Å². The number of benzene rings is 2. The van der Waals surface area contributed by atoms with E-state index in [4.69, 9.17) is 19.2 Å². The Hall–Kier alpha value is -3.88. The molecule has 2 N–H and O–H groups in total. The summed E-state index contributed by atoms with van der Waals surface area (Å²) < 4.78 is 17.1. The number of nitrogens with zero attached hydrogens (tertiary/aromatic N) is 3. The average molecular weight is 470 g/mol. The van der Waals surface area contributed by atoms with Crippen molar-refractivity contribution >= 4 is 22.1 Å². The predicted molar refractivity (Wildman–Crippen MR) is 136 cm³/mol. The highest BCUT2D eigenvalue weighted by molar-refractivity contribution is 5.94. The topological polar surface area (TPSA) is 88.3 Å². The van der Waals surface area contributed by atoms with Gasteiger partial charge in [0.05, 0.1) is 32.2 Å². The SMILES string of the molecule is COc1cc(-c2cnc3[nH]cc(-c4ccc5[nH]ccc5c4)c3n2)ccc1OCCN1CCOCC1. The molecule has 2 aromatic carbocycles. The van der Waals surface area contributed by atoms with Gasteiger partial charge in [-0.05, 0) is 47.3 Å². The van der Waals surface area contributed by atoms with Gasteiger partial charge in [-0.25, -0.2) is 9.97 Å². The number of aromatic nitrogens is 4. The summed E-state index contributed by atoms with van der Waals surface area (Å²) in [6.45, 7) is 4.92. The maximum atomic E-state index is 6.03. The number of nitrogens with one attached hydrogen (secondary N) is 2. The fraction of sp³-hybridized carbons (Fsp3) is 0.259. The van der Waals surface area contributed by atoms with Crippen LogP contribution >= 0.6 is 0 Å². The molecule has 1 aliphatic rings. The van der Waals surface area contributed by atoms with Crippen molar-refractivity contribution in [3.05, 3.63) is 61.1 Å². The van der Waals surface area contributed by atoms with Crippen LogP contribution < -0.4 is 9.47 Å². The van der Waals surface area contributed by atoms with Crippen molar-refractivity contribution in [1.82, 2.24) is 24.8 Å². The van der Waals surface area contributed by atoms with Crippen molar-refractivity contribution in [3.8, 4) is 33.9 Å². The zero-order chi connectivity index (χ0) is 23.6. The fourth-order valence-electron chi connectivity index (χ4n) is 4.53. The molecular formula is C27H27N5O3. The molecule has 1 aliphatic heterocycles. The van der Waals surface area contributed by atoms with Crippen LogP contribution in [0.3, 0.4) is 0 Å². The third-order valence-electron chi connectivity index (χ3n) is 6.47. The van der Waals surface area contributed by atoms with E-state index >= 15 is 0 Å². The van der Waals surface area contributed by atoms with E-state index in [0.717, 1.165) is 83.0 Å². The van der Waals surface area contributed by atoms with E-state index in [1.54, 1.807) is 13.3 Å². The fourth-order valence-corrected chi connectivity index (χ4v) is 4.53. The van der Waals surface area contributed by atoms with Crippen LogP contribution in [-0.2, 0) is 4.74 Å². The molecule has 8 nitrogen and oxygen atoms in total. The second-order valence-electron chi connectivity index (χ2n) is 8.60. The lowest BCUT2D eigenvalue weighted by Gasteiger charge is -2.26. The van der Waals surface area contributed by atoms with Crippen LogP contribution in [0, 0.1) is 0 Å². The second kappa shape index (κ2) is 9.40. The summed E-state index contributed by atoms with van der Waals surface area (Å²) in [4.78, 5) is 18.4. The van der Waals surface area contributed by atoms with E-state index in [1.807, 2.05) is 30.6 Å². The van der Waals surface area contributed by atoms with Gasteiger partial charge in [-0.15, -0.1) is 0 Å². The molecule has 0 radical (unpaired) electrons. The normalized spacial score (nSPS) is 14.5. The summed E-state index contributed by atoms with van der Waals surface area (Å²) >= 11 is 0. The van der Waals surface area contributed by atoms with Crippen LogP contribution in [0.2, 0.25) is 0 Å². The first-order valence-electron chi connectivity index (χ1n) is 11.8. The molecule has 0 spiro atoms. The van der Waals surface area contributed by atoms with Gasteiger partial charge in [0.15, 0.2) is 17.1 Å². The number of H-pyrrole nitrogens is 2. The summed E-state index contributed by atoms with van der Waals surface area (Å²) in [6, 6.07) is 14.3. The van der Waals surface area contributed by atoms with E-state index in [9.17, 15) is 0 Å². The van der Waals surface area contributed by atoms with Crippen LogP contribution in [0.15, 0.2) is 61.1 Å². The number of aromatic amines is 2. The number of rotatable bonds is 7. The molecule has 6 rings (SSSR count). The molecule has 0 saturated carbocycles. The maximum Gasteiger partial charge on any atom is 0.161 e. The molecular weight excluding hydrogens is 442 g/mol. The van der Waals surface area contributed by atoms with E-state index in [-0.39, 0.29) is 0 Å². The molecule has 3 aromatic heterocycles. The van der Waals surface area contributed by atoms with Gasteiger partial charge in [0.1, 0.15) is 12.1 Å². The summed E-state index contributed by atoms with van der Waals surface area (Å²) in [5.41, 5.74) is 6.52. The summed E-state index contributed by atoms with van der Waals surface area (Å²) in [7, 11) is 1.66. The van der Waals surface area contributed by atoms with Crippen molar-refractivity contribution in [2.24, 2.45) is 0 Å². The van der Waals surface area contributed by atoms with Crippen molar-refractivity contribution < 1.29 is 14.2 Å². The van der Waals surface area contributed by atoms with Crippen LogP contribution in [0.5, 0.6) is 11.5 Å². The highest BCUT2D eigenvalue weighted by atomic mass is 16.5. The Morgan fingerprint density at radius 2 is 1.89 bits per heavy atom. The average Bonchev–Trinajstić information content (AvgIpc) is 3.55. The molecule has 8 heteroatoms. The first-order chi connectivity index (χ1) is 17.3. The van der Waals surface area contributed by atoms with Gasteiger partial charge in [-0.3, -0.25) is 4.90 Å². The van der Waals surface area contributed by atoms with Crippen molar-refractivity contribution in [2.75, 3.05) is 46.6 Å². The molecule has 5 aromatic rings. The van der Waals surface area contributed by atoms with Gasteiger partial charge in [0.2, 0.25) is 0 Å². The van der Waals surface area contributed by atoms with Crippen molar-refractivity contribution in [3.63, 3.8) is 0 Å². The molecule has 0 bridgehead atoms. The Morgan fingerprint density at radius 3 is 2.77 bits per heavy atom. The third-order valence-corrected chi connectivity index (χ3v) is 6.47. The lowest BCUT2D eigenvalue weighted by atomic mass is 10.1. The monoisotopic (exact) mass is 469 g/mol. The largest absolute Gasteiger partial charge is 0.493 e. The molecule has 35 heavy (non-hydrogen) atoms. The minimum absolute atomic E-state index is 0.597. The second-order valence-corrected chi connectivity index (χ2v) is 8.60. The highest BCUT2D eigenvalue weighted by Gasteiger charge is 2.14. The summed E-state index contributed by atoms with van der Waals surface area (Å²) in [5.74, 6) is 1.40. The van der Waals surface area contributed by atoms with E-state index in [0.29, 0.717) is 12.4 Å². The number of methoxy groups -OCH3 is 1. The van der Waals surface area contributed by atoms with Gasteiger partial charge in [-0.2, -0.15) is 0 Å². The van der Waals surface area contributed by atoms with E-state index in [1.165, 1.54) is 0 Å². The van der Waals surface area contributed by atoms with E-state index in [2.05, 4.69) is 44.1 Å². The number of hydrogen-bond donors (Lipinski definition) is 2. The van der Waals surface area contributed by atoms with Crippen LogP contribution in [0.1, 0.15) is 0 Å². The minimum atomic E-state index is 0.597. The maximum absolute atomic E-state index is 6.03. The minimum Gasteiger partial charge on any atom is -0.493 e. The third kappa shape index (κ3) is 4.34. The molecule has 178 valence electrons. The molecule has 0 unspecified atom stereocenters. The molecule has 1 fully saturated rings. The lowest BCUT2D eigenvalue weighted by molar-refractivity contribution is 0.0321. The Balaban J connectivity index is 1.26. The smallest absolute Gasteiger partial charge is 0.161 e. The van der Waals surface area contributed by atoms with Gasteiger partial charge >= 0.3 is 0 Å². The molecule has 4 heterocycles. The van der Waals surface area contributed by atoms with Gasteiger partial charge < -0.3 is 24.2 Å². The van der Waals surface area contributed by atoms with Crippen LogP contribution in [0.25, 0.3) is 44.5 Å². The zero-order valence-corrected chi connectivity index (χ0v) is 19.6. The molecule has 1 saturated heterocycles. The van der Waals surface area contributed by atoms with Crippen molar-refractivity contribution in [2.45, 2.75) is 0 Å². The number of fused-ring (bicyclic) bond motifs is 2. The molecule has 0 aliphatic carbocycles. The number of morpholine rings is 1. The Bertz CT molecular complexity index is 1470. The highest BCUT2D eigenvalue weighted by Crippen LogP contribution is 2.34. The van der Waals surface area contributed by atoms with Gasteiger partial charge in [0.25, 0.3) is 0 Å². The Labute approximate surface area is 202 Å². The van der Waals surface area contributed by atoms with Gasteiger partial charge in [-0.1, -0.05) is 6.07 Å². The number of ether oxygens (including phenoxy) is 3. The number of hydrogen-bond acceptors (Lipinski definition) is 6. The first kappa shape index (κ1) is 21.6. The standard InChI is InChI=1S/C27H27N5O3/c1-33-25-15-19(3-5-24(25)35-13-10-32-8-11-34-12-9-32)23-17-30-27-26(31-23)21(16-29-27)18-2-4-22-20(14-18)6-7-28-22/h2-7,14-17,28H,8-13H2,1H3,(H,29,30). The molecule has 0 atom stereocenters. The van der Waals surface area contributed by atoms with Crippen molar-refractivity contribution in [1.29, 1.82) is 0 Å². The molecule has 0 amide bonds. The quantitative estimate of drug-likeness (QED) is 0.365.